The third kappa shape index (κ3) is 7.95. The fourth-order valence-corrected chi connectivity index (χ4v) is 8.06. The number of rotatable bonds is 12. The van der Waals surface area contributed by atoms with Crippen LogP contribution in [0.1, 0.15) is 49.1 Å². The molecular weight excluding hydrogens is 841 g/mol. The molecule has 4 aromatic rings. The topological polar surface area (TPSA) is 138 Å². The van der Waals surface area contributed by atoms with E-state index in [0.29, 0.717) is 54.5 Å². The van der Waals surface area contributed by atoms with Crippen LogP contribution in [0.5, 0.6) is 17.2 Å². The summed E-state index contributed by atoms with van der Waals surface area (Å²) in [6, 6.07) is 17.3. The highest BCUT2D eigenvalue weighted by Gasteiger charge is 2.34. The number of thiazole rings is 1. The number of aromatic nitrogens is 1. The van der Waals surface area contributed by atoms with Crippen molar-refractivity contribution in [2.24, 2.45) is 4.99 Å². The van der Waals surface area contributed by atoms with Crippen molar-refractivity contribution in [3.63, 3.8) is 0 Å². The van der Waals surface area contributed by atoms with E-state index in [1.54, 1.807) is 57.2 Å². The van der Waals surface area contributed by atoms with Crippen LogP contribution in [0, 0.1) is 14.9 Å². The second kappa shape index (κ2) is 16.5. The Hall–Kier alpha value is -4.46. The average molecular weight is 873 g/mol. The van der Waals surface area contributed by atoms with Crippen molar-refractivity contribution >= 4 is 67.9 Å². The van der Waals surface area contributed by atoms with Crippen LogP contribution in [0.3, 0.4) is 0 Å². The Morgan fingerprint density at radius 1 is 1.08 bits per heavy atom. The lowest BCUT2D eigenvalue weighted by atomic mass is 9.95. The molecule has 0 radical (unpaired) electrons. The second-order valence-corrected chi connectivity index (χ2v) is 13.7. The molecule has 0 bridgehead atoms. The van der Waals surface area contributed by atoms with Crippen molar-refractivity contribution in [3.05, 3.63) is 116 Å². The van der Waals surface area contributed by atoms with Crippen molar-refractivity contribution < 1.29 is 33.3 Å². The SMILES string of the molecule is CCOC(=O)C1=C(C)N=c2s/c(=C\c3cc(Br)c(OCc4ccccc4C#N)c(I)c3)c(=O)n2[C@H]1c1ccc(OCC(=O)OC)c(OCC)c1. The minimum atomic E-state index is -0.889. The summed E-state index contributed by atoms with van der Waals surface area (Å²) in [5.74, 6) is 0.0803. The molecule has 0 fully saturated rings. The van der Waals surface area contributed by atoms with E-state index in [9.17, 15) is 19.6 Å². The number of esters is 2. The molecule has 2 heterocycles. The Morgan fingerprint density at radius 3 is 2.56 bits per heavy atom. The quantitative estimate of drug-likeness (QED) is 0.132. The van der Waals surface area contributed by atoms with Gasteiger partial charge in [0.2, 0.25) is 0 Å². The van der Waals surface area contributed by atoms with Gasteiger partial charge >= 0.3 is 11.9 Å². The Labute approximate surface area is 313 Å². The second-order valence-electron chi connectivity index (χ2n) is 10.7. The van der Waals surface area contributed by atoms with Crippen LogP contribution in [-0.4, -0.2) is 43.4 Å². The molecule has 14 heteroatoms. The molecule has 1 aliphatic heterocycles. The Bertz CT molecular complexity index is 2200. The lowest BCUT2D eigenvalue weighted by Gasteiger charge is -2.25. The van der Waals surface area contributed by atoms with Gasteiger partial charge in [-0.05, 0) is 107 Å². The first-order valence-electron chi connectivity index (χ1n) is 15.4. The largest absolute Gasteiger partial charge is 0.490 e. The predicted octanol–water partition coefficient (Wildman–Crippen LogP) is 5.57. The maximum absolute atomic E-state index is 14.2. The highest BCUT2D eigenvalue weighted by atomic mass is 127. The van der Waals surface area contributed by atoms with Gasteiger partial charge in [-0.3, -0.25) is 9.36 Å². The van der Waals surface area contributed by atoms with Crippen LogP contribution in [0.4, 0.5) is 0 Å². The van der Waals surface area contributed by atoms with Gasteiger partial charge in [-0.25, -0.2) is 14.6 Å². The molecule has 0 spiro atoms. The van der Waals surface area contributed by atoms with Crippen LogP contribution in [0.15, 0.2) is 80.1 Å². The maximum Gasteiger partial charge on any atom is 0.343 e. The monoisotopic (exact) mass is 871 g/mol. The van der Waals surface area contributed by atoms with E-state index in [-0.39, 0.29) is 31.0 Å². The molecule has 0 N–H and O–H groups in total. The molecule has 0 aliphatic carbocycles. The number of nitriles is 1. The molecule has 3 aromatic carbocycles. The summed E-state index contributed by atoms with van der Waals surface area (Å²) in [5, 5.41) is 9.43. The van der Waals surface area contributed by atoms with Crippen molar-refractivity contribution in [2.75, 3.05) is 26.9 Å². The minimum absolute atomic E-state index is 0.134. The number of carbonyl (C=O) groups excluding carboxylic acids is 2. The zero-order valence-corrected chi connectivity index (χ0v) is 32.0. The number of allylic oxidation sites excluding steroid dienone is 1. The summed E-state index contributed by atoms with van der Waals surface area (Å²) in [7, 11) is 1.27. The highest BCUT2D eigenvalue weighted by Crippen LogP contribution is 2.37. The number of halogens is 2. The standard InChI is InChI=1S/C36H31BrIN3O8S/c1-5-46-28-16-22(11-12-27(28)48-19-30(42)45-4)32-31(35(44)47-6-2)20(3)40-36-41(32)34(43)29(50-36)15-21-13-25(37)33(26(38)14-21)49-18-24-10-8-7-9-23(24)17-39/h7-16,32H,5-6,18-19H2,1-4H3/b29-15-/t32-/m0/s1. The number of fused-ring (bicyclic) bond motifs is 1. The predicted molar refractivity (Wildman–Crippen MR) is 198 cm³/mol. The van der Waals surface area contributed by atoms with Crippen LogP contribution >= 0.6 is 49.9 Å². The zero-order valence-electron chi connectivity index (χ0n) is 27.5. The summed E-state index contributed by atoms with van der Waals surface area (Å²) in [4.78, 5) is 44.4. The van der Waals surface area contributed by atoms with Crippen LogP contribution in [0.25, 0.3) is 6.08 Å². The number of ether oxygens (including phenoxy) is 5. The highest BCUT2D eigenvalue weighted by molar-refractivity contribution is 14.1. The summed E-state index contributed by atoms with van der Waals surface area (Å²) in [6.45, 7) is 5.54. The van der Waals surface area contributed by atoms with Gasteiger partial charge in [0, 0.05) is 5.56 Å². The van der Waals surface area contributed by atoms with Gasteiger partial charge in [0.1, 0.15) is 12.4 Å². The summed E-state index contributed by atoms with van der Waals surface area (Å²) < 4.78 is 31.0. The van der Waals surface area contributed by atoms with Gasteiger partial charge in [0.05, 0.1) is 61.8 Å². The molecule has 0 saturated heterocycles. The van der Waals surface area contributed by atoms with Gasteiger partial charge in [-0.15, -0.1) is 0 Å². The molecule has 50 heavy (non-hydrogen) atoms. The Morgan fingerprint density at radius 2 is 1.86 bits per heavy atom. The zero-order chi connectivity index (χ0) is 35.9. The fraction of sp³-hybridized carbons (Fsp3) is 0.250. The molecule has 1 atom stereocenters. The third-order valence-electron chi connectivity index (χ3n) is 7.50. The first-order chi connectivity index (χ1) is 24.1. The Kier molecular flexibility index (Phi) is 12.1. The number of methoxy groups -OCH3 is 1. The van der Waals surface area contributed by atoms with Crippen LogP contribution < -0.4 is 29.1 Å². The number of benzene rings is 3. The number of hydrogen-bond donors (Lipinski definition) is 0. The van der Waals surface area contributed by atoms with Gasteiger partial charge in [0.25, 0.3) is 5.56 Å². The van der Waals surface area contributed by atoms with E-state index in [1.807, 2.05) is 24.3 Å². The number of nitrogens with zero attached hydrogens (tertiary/aromatic N) is 3. The Balaban J connectivity index is 1.57. The summed E-state index contributed by atoms with van der Waals surface area (Å²) in [6.07, 6.45) is 1.77. The molecule has 0 saturated carbocycles. The smallest absolute Gasteiger partial charge is 0.343 e. The van der Waals surface area contributed by atoms with E-state index < -0.39 is 18.0 Å². The van der Waals surface area contributed by atoms with Gasteiger partial charge < -0.3 is 23.7 Å². The van der Waals surface area contributed by atoms with Crippen LogP contribution in [0.2, 0.25) is 0 Å². The molecule has 1 aliphatic rings. The molecule has 0 amide bonds. The van der Waals surface area contributed by atoms with Gasteiger partial charge in [-0.2, -0.15) is 5.26 Å². The first kappa shape index (κ1) is 36.8. The van der Waals surface area contributed by atoms with E-state index in [1.165, 1.54) is 23.0 Å². The molecular formula is C36H31BrIN3O8S. The fourth-order valence-electron chi connectivity index (χ4n) is 5.24. The van der Waals surface area contributed by atoms with Gasteiger partial charge in [0.15, 0.2) is 22.9 Å². The van der Waals surface area contributed by atoms with E-state index >= 15 is 0 Å². The van der Waals surface area contributed by atoms with E-state index in [0.717, 1.165) is 14.7 Å². The van der Waals surface area contributed by atoms with Crippen LogP contribution in [-0.2, 0) is 25.7 Å². The summed E-state index contributed by atoms with van der Waals surface area (Å²) >= 11 is 6.98. The van der Waals surface area contributed by atoms with Gasteiger partial charge in [-0.1, -0.05) is 35.6 Å². The minimum Gasteiger partial charge on any atom is -0.490 e. The lowest BCUT2D eigenvalue weighted by molar-refractivity contribution is -0.143. The lowest BCUT2D eigenvalue weighted by Crippen LogP contribution is -2.40. The van der Waals surface area contributed by atoms with E-state index in [4.69, 9.17) is 18.9 Å². The van der Waals surface area contributed by atoms with Crippen molar-refractivity contribution in [2.45, 2.75) is 33.4 Å². The third-order valence-corrected chi connectivity index (χ3v) is 9.88. The normalized spacial score (nSPS) is 13.9. The average Bonchev–Trinajstić information content (AvgIpc) is 3.40. The molecule has 5 rings (SSSR count). The number of hydrogen-bond acceptors (Lipinski definition) is 11. The number of carbonyl (C=O) groups is 2. The molecule has 11 nitrogen and oxygen atoms in total. The summed E-state index contributed by atoms with van der Waals surface area (Å²) in [5.41, 5.74) is 2.89. The molecule has 1 aromatic heterocycles. The molecule has 258 valence electrons. The molecule has 0 unspecified atom stereocenters. The first-order valence-corrected chi connectivity index (χ1v) is 18.0. The van der Waals surface area contributed by atoms with Crippen molar-refractivity contribution in [1.29, 1.82) is 5.26 Å². The van der Waals surface area contributed by atoms with E-state index in [2.05, 4.69) is 54.3 Å². The maximum atomic E-state index is 14.2. The van der Waals surface area contributed by atoms with Crippen molar-refractivity contribution in [1.82, 2.24) is 4.57 Å². The van der Waals surface area contributed by atoms with Crippen molar-refractivity contribution in [3.8, 4) is 23.3 Å².